The van der Waals surface area contributed by atoms with Crippen molar-refractivity contribution >= 4 is 16.7 Å². The van der Waals surface area contributed by atoms with Crippen molar-refractivity contribution in [3.05, 3.63) is 47.5 Å². The van der Waals surface area contributed by atoms with E-state index in [2.05, 4.69) is 0 Å². The topological polar surface area (TPSA) is 37.3 Å². The zero-order valence-corrected chi connectivity index (χ0v) is 14.0. The molecule has 2 rings (SSSR count). The van der Waals surface area contributed by atoms with Crippen LogP contribution in [0.5, 0.6) is 0 Å². The summed E-state index contributed by atoms with van der Waals surface area (Å²) in [6.07, 6.45) is 0. The number of rotatable bonds is 1. The van der Waals surface area contributed by atoms with Crippen LogP contribution in [0.2, 0.25) is 0 Å². The van der Waals surface area contributed by atoms with Gasteiger partial charge in [-0.05, 0) is 23.3 Å². The van der Waals surface area contributed by atoms with Gasteiger partial charge in [0.05, 0.1) is 5.56 Å². The molecule has 0 aliphatic heterocycles. The zero-order chi connectivity index (χ0) is 10.1. The van der Waals surface area contributed by atoms with Crippen LogP contribution in [0.25, 0.3) is 10.8 Å². The van der Waals surface area contributed by atoms with Crippen LogP contribution in [0, 0.1) is 6.92 Å². The SMILES string of the molecule is Cc1ccc2ccccc2c1C(=O)O.[Hg]. The standard InChI is InChI=1S/C12H10O2.Hg/c1-8-6-7-9-4-2-3-5-10(9)11(8)12(13)14;/h2-7H,1H3,(H,13,14);. The van der Waals surface area contributed by atoms with Crippen molar-refractivity contribution in [2.75, 3.05) is 0 Å². The molecule has 0 saturated carbocycles. The van der Waals surface area contributed by atoms with Crippen molar-refractivity contribution < 1.29 is 37.6 Å². The second-order valence-corrected chi connectivity index (χ2v) is 3.28. The number of hydrogen-bond acceptors (Lipinski definition) is 1. The third kappa shape index (κ3) is 2.20. The van der Waals surface area contributed by atoms with E-state index in [0.29, 0.717) is 5.56 Å². The fourth-order valence-electron chi connectivity index (χ4n) is 1.66. The normalized spacial score (nSPS) is 9.67. The van der Waals surface area contributed by atoms with E-state index in [1.54, 1.807) is 0 Å². The average molecular weight is 387 g/mol. The molecule has 0 bridgehead atoms. The number of carboxylic acid groups (broad SMARTS) is 1. The maximum absolute atomic E-state index is 11.0. The molecule has 0 saturated heterocycles. The molecule has 1 N–H and O–H groups in total. The fraction of sp³-hybridized carbons (Fsp3) is 0.0833. The summed E-state index contributed by atoms with van der Waals surface area (Å²) in [6, 6.07) is 11.3. The molecule has 0 atom stereocenters. The van der Waals surface area contributed by atoms with Crippen LogP contribution in [0.15, 0.2) is 36.4 Å². The third-order valence-corrected chi connectivity index (χ3v) is 2.35. The van der Waals surface area contributed by atoms with E-state index in [1.165, 1.54) is 0 Å². The van der Waals surface area contributed by atoms with Gasteiger partial charge in [-0.2, -0.15) is 0 Å². The smallest absolute Gasteiger partial charge is 0.336 e. The Morgan fingerprint density at radius 2 is 1.80 bits per heavy atom. The molecule has 0 aliphatic carbocycles. The summed E-state index contributed by atoms with van der Waals surface area (Å²) < 4.78 is 0. The van der Waals surface area contributed by atoms with Gasteiger partial charge in [0.1, 0.15) is 0 Å². The van der Waals surface area contributed by atoms with Crippen LogP contribution in [-0.4, -0.2) is 11.1 Å². The summed E-state index contributed by atoms with van der Waals surface area (Å²) in [5.41, 5.74) is 1.21. The van der Waals surface area contributed by atoms with Crippen LogP contribution in [-0.2, 0) is 27.7 Å². The van der Waals surface area contributed by atoms with Gasteiger partial charge in [0.15, 0.2) is 0 Å². The van der Waals surface area contributed by atoms with E-state index in [-0.39, 0.29) is 27.7 Å². The molecule has 2 nitrogen and oxygen atoms in total. The number of aromatic carboxylic acids is 1. The average Bonchev–Trinajstić information content (AvgIpc) is 2.17. The van der Waals surface area contributed by atoms with E-state index >= 15 is 0 Å². The van der Waals surface area contributed by atoms with E-state index in [4.69, 9.17) is 5.11 Å². The summed E-state index contributed by atoms with van der Waals surface area (Å²) in [4.78, 5) is 11.0. The summed E-state index contributed by atoms with van der Waals surface area (Å²) in [5.74, 6) is -0.862. The Hall–Kier alpha value is -0.895. The van der Waals surface area contributed by atoms with Crippen LogP contribution in [0.1, 0.15) is 15.9 Å². The number of fused-ring (bicyclic) bond motifs is 1. The molecule has 3 heteroatoms. The summed E-state index contributed by atoms with van der Waals surface area (Å²) in [6.45, 7) is 1.82. The van der Waals surface area contributed by atoms with Gasteiger partial charge < -0.3 is 5.11 Å². The van der Waals surface area contributed by atoms with Gasteiger partial charge in [0.2, 0.25) is 0 Å². The van der Waals surface area contributed by atoms with E-state index in [9.17, 15) is 4.79 Å². The van der Waals surface area contributed by atoms with Gasteiger partial charge in [-0.3, -0.25) is 0 Å². The summed E-state index contributed by atoms with van der Waals surface area (Å²) in [5, 5.41) is 10.8. The van der Waals surface area contributed by atoms with Crippen molar-refractivity contribution in [1.29, 1.82) is 0 Å². The minimum atomic E-state index is -0.862. The second-order valence-electron chi connectivity index (χ2n) is 3.28. The molecular weight excluding hydrogens is 377 g/mol. The van der Waals surface area contributed by atoms with Crippen molar-refractivity contribution in [2.24, 2.45) is 0 Å². The first kappa shape index (κ1) is 12.2. The minimum absolute atomic E-state index is 0. The first-order chi connectivity index (χ1) is 6.70. The number of carboxylic acids is 1. The van der Waals surface area contributed by atoms with Gasteiger partial charge in [0, 0.05) is 27.7 Å². The molecule has 72 valence electrons. The van der Waals surface area contributed by atoms with E-state index in [0.717, 1.165) is 16.3 Å². The Bertz CT molecular complexity index is 506. The number of hydrogen-bond donors (Lipinski definition) is 1. The molecule has 0 unspecified atom stereocenters. The maximum Gasteiger partial charge on any atom is 0.336 e. The minimum Gasteiger partial charge on any atom is -0.478 e. The van der Waals surface area contributed by atoms with E-state index in [1.807, 2.05) is 43.3 Å². The van der Waals surface area contributed by atoms with Gasteiger partial charge in [-0.1, -0.05) is 36.4 Å². The zero-order valence-electron chi connectivity index (χ0n) is 8.53. The van der Waals surface area contributed by atoms with Crippen LogP contribution >= 0.6 is 0 Å². The summed E-state index contributed by atoms with van der Waals surface area (Å²) in [7, 11) is 0. The van der Waals surface area contributed by atoms with Crippen molar-refractivity contribution in [1.82, 2.24) is 0 Å². The third-order valence-electron chi connectivity index (χ3n) is 2.35. The Morgan fingerprint density at radius 3 is 2.47 bits per heavy atom. The fourth-order valence-corrected chi connectivity index (χ4v) is 1.66. The van der Waals surface area contributed by atoms with Gasteiger partial charge in [-0.25, -0.2) is 4.79 Å². The Balaban J connectivity index is 0.00000112. The quantitative estimate of drug-likeness (QED) is 0.765. The molecule has 0 spiro atoms. The van der Waals surface area contributed by atoms with Crippen molar-refractivity contribution in [3.8, 4) is 0 Å². The number of benzene rings is 2. The number of carbonyl (C=O) groups is 1. The number of aryl methyl sites for hydroxylation is 1. The van der Waals surface area contributed by atoms with Crippen LogP contribution in [0.4, 0.5) is 0 Å². The van der Waals surface area contributed by atoms with Gasteiger partial charge in [-0.15, -0.1) is 0 Å². The monoisotopic (exact) mass is 388 g/mol. The second kappa shape index (κ2) is 4.75. The molecule has 0 aromatic heterocycles. The molecule has 2 aromatic carbocycles. The van der Waals surface area contributed by atoms with Gasteiger partial charge in [0.25, 0.3) is 0 Å². The van der Waals surface area contributed by atoms with Crippen molar-refractivity contribution in [2.45, 2.75) is 6.92 Å². The van der Waals surface area contributed by atoms with Gasteiger partial charge >= 0.3 is 5.97 Å². The first-order valence-electron chi connectivity index (χ1n) is 4.42. The molecular formula is C12H10HgO2. The first-order valence-corrected chi connectivity index (χ1v) is 4.42. The maximum atomic E-state index is 11.0. The van der Waals surface area contributed by atoms with Crippen LogP contribution < -0.4 is 0 Å². The molecule has 15 heavy (non-hydrogen) atoms. The van der Waals surface area contributed by atoms with Crippen LogP contribution in [0.3, 0.4) is 0 Å². The van der Waals surface area contributed by atoms with Crippen molar-refractivity contribution in [3.63, 3.8) is 0 Å². The Kier molecular flexibility index (Phi) is 3.86. The molecule has 0 heterocycles. The largest absolute Gasteiger partial charge is 0.478 e. The molecule has 0 amide bonds. The molecule has 0 fully saturated rings. The Labute approximate surface area is 108 Å². The summed E-state index contributed by atoms with van der Waals surface area (Å²) >= 11 is 0. The molecule has 2 aromatic rings. The molecule has 0 radical (unpaired) electrons. The Morgan fingerprint density at radius 1 is 1.13 bits per heavy atom. The predicted octanol–water partition coefficient (Wildman–Crippen LogP) is 2.84. The molecule has 0 aliphatic rings. The predicted molar refractivity (Wildman–Crippen MR) is 55.6 cm³/mol. The van der Waals surface area contributed by atoms with E-state index < -0.39 is 5.97 Å².